The summed E-state index contributed by atoms with van der Waals surface area (Å²) in [6.07, 6.45) is 1.26. The van der Waals surface area contributed by atoms with Crippen LogP contribution >= 0.6 is 11.6 Å². The van der Waals surface area contributed by atoms with E-state index in [1.165, 1.54) is 6.33 Å². The van der Waals surface area contributed by atoms with Gasteiger partial charge in [0.2, 0.25) is 17.5 Å². The zero-order chi connectivity index (χ0) is 27.2. The van der Waals surface area contributed by atoms with Crippen LogP contribution in [0.2, 0.25) is 5.02 Å². The summed E-state index contributed by atoms with van der Waals surface area (Å²) in [5.74, 6) is -0.896. The molecule has 1 aliphatic heterocycles. The largest absolute Gasteiger partial charge is 0.368 e. The molecule has 0 bridgehead atoms. The van der Waals surface area contributed by atoms with Crippen molar-refractivity contribution in [3.05, 3.63) is 118 Å². The van der Waals surface area contributed by atoms with Crippen molar-refractivity contribution < 1.29 is 9.72 Å². The van der Waals surface area contributed by atoms with Crippen molar-refractivity contribution in [3.8, 4) is 0 Å². The molecule has 0 saturated carbocycles. The highest BCUT2D eigenvalue weighted by Gasteiger charge is 2.30. The minimum absolute atomic E-state index is 0.0875. The normalized spacial score (nSPS) is 13.3. The minimum Gasteiger partial charge on any atom is -0.368 e. The second-order valence-electron chi connectivity index (χ2n) is 8.97. The van der Waals surface area contributed by atoms with E-state index in [-0.39, 0.29) is 23.2 Å². The van der Waals surface area contributed by atoms with Crippen LogP contribution in [0.4, 0.5) is 23.0 Å². The van der Waals surface area contributed by atoms with E-state index in [0.29, 0.717) is 31.2 Å². The zero-order valence-corrected chi connectivity index (χ0v) is 21.7. The lowest BCUT2D eigenvalue weighted by molar-refractivity contribution is -0.383. The van der Waals surface area contributed by atoms with Gasteiger partial charge in [-0.3, -0.25) is 25.8 Å². The number of rotatable bonds is 8. The molecule has 1 saturated heterocycles. The van der Waals surface area contributed by atoms with E-state index in [4.69, 9.17) is 11.6 Å². The van der Waals surface area contributed by atoms with Crippen molar-refractivity contribution in [2.45, 2.75) is 5.92 Å². The first-order valence-corrected chi connectivity index (χ1v) is 12.8. The fourth-order valence-electron chi connectivity index (χ4n) is 4.69. The Bertz CT molecular complexity index is 1410. The number of benzene rings is 3. The van der Waals surface area contributed by atoms with Crippen LogP contribution in [-0.2, 0) is 4.79 Å². The maximum absolute atomic E-state index is 13.4. The summed E-state index contributed by atoms with van der Waals surface area (Å²) in [6, 6.07) is 26.3. The number of piperazine rings is 1. The van der Waals surface area contributed by atoms with E-state index in [0.717, 1.165) is 16.8 Å². The number of nitrogens with one attached hydrogen (secondary N) is 2. The van der Waals surface area contributed by atoms with Crippen LogP contribution in [0.15, 0.2) is 91.3 Å². The molecule has 3 aromatic carbocycles. The number of amides is 1. The number of hydrogen-bond donors (Lipinski definition) is 2. The topological polar surface area (TPSA) is 117 Å². The predicted molar refractivity (Wildman–Crippen MR) is 151 cm³/mol. The molecule has 1 amide bonds. The molecule has 2 N–H and O–H groups in total. The summed E-state index contributed by atoms with van der Waals surface area (Å²) in [5, 5.41) is 12.8. The Morgan fingerprint density at radius 3 is 2.08 bits per heavy atom. The average molecular weight is 544 g/mol. The molecular formula is C28H26ClN7O3. The van der Waals surface area contributed by atoms with E-state index in [1.807, 2.05) is 89.8 Å². The number of hydrazine groups is 1. The lowest BCUT2D eigenvalue weighted by Crippen LogP contribution is -2.47. The van der Waals surface area contributed by atoms with Crippen LogP contribution in [0, 0.1) is 10.1 Å². The molecular weight excluding hydrogens is 518 g/mol. The van der Waals surface area contributed by atoms with Crippen molar-refractivity contribution in [2.75, 3.05) is 41.4 Å². The van der Waals surface area contributed by atoms with E-state index in [9.17, 15) is 14.9 Å². The number of aromatic nitrogens is 2. The van der Waals surface area contributed by atoms with Gasteiger partial charge in [-0.2, -0.15) is 0 Å². The maximum atomic E-state index is 13.4. The van der Waals surface area contributed by atoms with E-state index < -0.39 is 10.8 Å². The highest BCUT2D eigenvalue weighted by atomic mass is 35.5. The highest BCUT2D eigenvalue weighted by molar-refractivity contribution is 6.30. The number of anilines is 3. The van der Waals surface area contributed by atoms with E-state index >= 15 is 0 Å². The van der Waals surface area contributed by atoms with Crippen LogP contribution in [0.1, 0.15) is 17.0 Å². The van der Waals surface area contributed by atoms with Gasteiger partial charge in [0.05, 0.1) is 10.8 Å². The number of hydrogen-bond acceptors (Lipinski definition) is 8. The summed E-state index contributed by atoms with van der Waals surface area (Å²) in [5.41, 5.74) is 7.60. The first kappa shape index (κ1) is 25.9. The monoisotopic (exact) mass is 543 g/mol. The van der Waals surface area contributed by atoms with Crippen LogP contribution in [0.3, 0.4) is 0 Å². The molecule has 2 heterocycles. The summed E-state index contributed by atoms with van der Waals surface area (Å²) >= 11 is 6.14. The second-order valence-corrected chi connectivity index (χ2v) is 9.41. The van der Waals surface area contributed by atoms with Gasteiger partial charge in [-0.25, -0.2) is 9.97 Å². The Labute approximate surface area is 230 Å². The molecule has 11 heteroatoms. The fourth-order valence-corrected chi connectivity index (χ4v) is 4.87. The quantitative estimate of drug-likeness (QED) is 0.244. The Balaban J connectivity index is 1.33. The van der Waals surface area contributed by atoms with E-state index in [1.54, 1.807) is 0 Å². The Morgan fingerprint density at radius 1 is 0.872 bits per heavy atom. The third-order valence-electron chi connectivity index (χ3n) is 6.57. The standard InChI is InChI=1S/C28H26ClN7O3/c29-22-12-7-13-23(18-22)34-14-16-35(17-15-34)27-25(36(38)39)26(30-19-31-27)32-33-28(37)24(20-8-3-1-4-9-20)21-10-5-2-6-11-21/h1-13,18-19,24H,14-17H2,(H,33,37)(H,30,31,32). The Hall–Kier alpha value is -4.70. The first-order chi connectivity index (χ1) is 19.0. The van der Waals surface area contributed by atoms with Gasteiger partial charge >= 0.3 is 5.69 Å². The first-order valence-electron chi connectivity index (χ1n) is 12.4. The molecule has 0 atom stereocenters. The number of nitro groups is 1. The lowest BCUT2D eigenvalue weighted by Gasteiger charge is -2.36. The Kier molecular flexibility index (Phi) is 7.83. The summed E-state index contributed by atoms with van der Waals surface area (Å²) in [4.78, 5) is 37.3. The highest BCUT2D eigenvalue weighted by Crippen LogP contribution is 2.33. The average Bonchev–Trinajstić information content (AvgIpc) is 2.97. The second kappa shape index (κ2) is 11.8. The SMILES string of the molecule is O=C(NNc1ncnc(N2CCN(c3cccc(Cl)c3)CC2)c1[N+](=O)[O-])C(c1ccccc1)c1ccccc1. The van der Waals surface area contributed by atoms with Crippen LogP contribution in [-0.4, -0.2) is 47.0 Å². The summed E-state index contributed by atoms with van der Waals surface area (Å²) in [7, 11) is 0. The predicted octanol–water partition coefficient (Wildman–Crippen LogP) is 4.64. The summed E-state index contributed by atoms with van der Waals surface area (Å²) < 4.78 is 0. The lowest BCUT2D eigenvalue weighted by atomic mass is 9.91. The number of nitrogens with zero attached hydrogens (tertiary/aromatic N) is 5. The van der Waals surface area contributed by atoms with E-state index in [2.05, 4.69) is 25.7 Å². The van der Waals surface area contributed by atoms with Crippen molar-refractivity contribution in [1.82, 2.24) is 15.4 Å². The molecule has 0 unspecified atom stereocenters. The van der Waals surface area contributed by atoms with Gasteiger partial charge in [-0.1, -0.05) is 78.3 Å². The molecule has 0 spiro atoms. The van der Waals surface area contributed by atoms with Crippen molar-refractivity contribution >= 4 is 40.5 Å². The molecule has 10 nitrogen and oxygen atoms in total. The van der Waals surface area contributed by atoms with Crippen molar-refractivity contribution in [1.29, 1.82) is 0 Å². The fraction of sp³-hybridized carbons (Fsp3) is 0.179. The third kappa shape index (κ3) is 5.91. The van der Waals surface area contributed by atoms with Gasteiger partial charge in [0.15, 0.2) is 0 Å². The van der Waals surface area contributed by atoms with Crippen LogP contribution in [0.25, 0.3) is 0 Å². The third-order valence-corrected chi connectivity index (χ3v) is 6.81. The van der Waals surface area contributed by atoms with Crippen LogP contribution in [0.5, 0.6) is 0 Å². The van der Waals surface area contributed by atoms with Gasteiger partial charge in [0.1, 0.15) is 6.33 Å². The van der Waals surface area contributed by atoms with Gasteiger partial charge in [-0.05, 0) is 29.3 Å². The molecule has 1 aliphatic rings. The molecule has 1 aromatic heterocycles. The molecule has 198 valence electrons. The molecule has 0 aliphatic carbocycles. The van der Waals surface area contributed by atoms with Crippen molar-refractivity contribution in [2.24, 2.45) is 0 Å². The van der Waals surface area contributed by atoms with Gasteiger partial charge < -0.3 is 9.80 Å². The molecule has 5 rings (SSSR count). The van der Waals surface area contributed by atoms with Crippen molar-refractivity contribution in [3.63, 3.8) is 0 Å². The van der Waals surface area contributed by atoms with Gasteiger partial charge in [0.25, 0.3) is 0 Å². The number of carbonyl (C=O) groups excluding carboxylic acids is 1. The minimum atomic E-state index is -0.625. The Morgan fingerprint density at radius 2 is 1.49 bits per heavy atom. The molecule has 39 heavy (non-hydrogen) atoms. The van der Waals surface area contributed by atoms with Gasteiger partial charge in [0, 0.05) is 36.9 Å². The molecule has 4 aromatic rings. The molecule has 1 fully saturated rings. The smallest absolute Gasteiger partial charge is 0.355 e. The number of carbonyl (C=O) groups is 1. The number of halogens is 1. The maximum Gasteiger partial charge on any atom is 0.355 e. The summed E-state index contributed by atoms with van der Waals surface area (Å²) in [6.45, 7) is 2.30. The molecule has 0 radical (unpaired) electrons. The van der Waals surface area contributed by atoms with Gasteiger partial charge in [-0.15, -0.1) is 0 Å². The van der Waals surface area contributed by atoms with Crippen LogP contribution < -0.4 is 20.7 Å². The zero-order valence-electron chi connectivity index (χ0n) is 20.9.